The standard InChI is InChI=1S/C17H22P/c1-17(11-7-3-2-4-8-12-17)16-13-14-9-5-6-10-15(14)18-16/h5-6,9-10,13H,2-4,7-8,11-12H2,1H3. The van der Waals surface area contributed by atoms with Crippen LogP contribution < -0.4 is 5.30 Å². The molecule has 1 aliphatic heterocycles. The SMILES string of the molecule is CC1(C2=Cc3ccccc3[P]2)CCCCCCC1. The first-order chi connectivity index (χ1) is 8.78. The van der Waals surface area contributed by atoms with E-state index < -0.39 is 0 Å². The maximum atomic E-state index is 2.50. The summed E-state index contributed by atoms with van der Waals surface area (Å²) in [4.78, 5) is 0. The van der Waals surface area contributed by atoms with E-state index >= 15 is 0 Å². The van der Waals surface area contributed by atoms with Crippen LogP contribution in [0.2, 0.25) is 0 Å². The molecule has 0 bridgehead atoms. The second-order valence-corrected chi connectivity index (χ2v) is 7.22. The molecule has 1 saturated carbocycles. The van der Waals surface area contributed by atoms with E-state index in [0.717, 1.165) is 0 Å². The Morgan fingerprint density at radius 3 is 2.33 bits per heavy atom. The van der Waals surface area contributed by atoms with Gasteiger partial charge in [-0.25, -0.2) is 0 Å². The van der Waals surface area contributed by atoms with Crippen LogP contribution in [0.5, 0.6) is 0 Å². The van der Waals surface area contributed by atoms with Gasteiger partial charge in [-0.1, -0.05) is 63.3 Å². The van der Waals surface area contributed by atoms with Gasteiger partial charge in [-0.3, -0.25) is 0 Å². The summed E-state index contributed by atoms with van der Waals surface area (Å²) in [6.45, 7) is 2.50. The summed E-state index contributed by atoms with van der Waals surface area (Å²) in [7, 11) is 1.47. The molecule has 0 nitrogen and oxygen atoms in total. The average Bonchev–Trinajstić information content (AvgIpc) is 2.78. The van der Waals surface area contributed by atoms with Crippen molar-refractivity contribution in [1.29, 1.82) is 0 Å². The lowest BCUT2D eigenvalue weighted by molar-refractivity contribution is 0.304. The number of hydrogen-bond donors (Lipinski definition) is 0. The van der Waals surface area contributed by atoms with E-state index in [0.29, 0.717) is 5.41 Å². The van der Waals surface area contributed by atoms with Crippen LogP contribution in [0.25, 0.3) is 6.08 Å². The highest BCUT2D eigenvalue weighted by Gasteiger charge is 2.32. The lowest BCUT2D eigenvalue weighted by atomic mass is 9.77. The molecular weight excluding hydrogens is 235 g/mol. The van der Waals surface area contributed by atoms with Crippen molar-refractivity contribution in [2.24, 2.45) is 5.41 Å². The number of allylic oxidation sites excluding steroid dienone is 1. The molecule has 1 aromatic carbocycles. The van der Waals surface area contributed by atoms with Gasteiger partial charge in [-0.15, -0.1) is 0 Å². The molecule has 0 saturated heterocycles. The first-order valence-electron chi connectivity index (χ1n) is 7.31. The molecule has 0 spiro atoms. The van der Waals surface area contributed by atoms with Crippen molar-refractivity contribution in [3.8, 4) is 0 Å². The summed E-state index contributed by atoms with van der Waals surface area (Å²) in [6.07, 6.45) is 12.4. The molecule has 0 amide bonds. The highest BCUT2D eigenvalue weighted by molar-refractivity contribution is 7.53. The van der Waals surface area contributed by atoms with Crippen molar-refractivity contribution >= 4 is 20.0 Å². The van der Waals surface area contributed by atoms with Gasteiger partial charge in [0.15, 0.2) is 0 Å². The van der Waals surface area contributed by atoms with E-state index in [1.54, 1.807) is 5.31 Å². The molecule has 1 aromatic rings. The second kappa shape index (κ2) is 5.17. The van der Waals surface area contributed by atoms with E-state index in [9.17, 15) is 0 Å². The third-order valence-corrected chi connectivity index (χ3v) is 6.10. The summed E-state index contributed by atoms with van der Waals surface area (Å²) in [5.41, 5.74) is 1.92. The fraction of sp³-hybridized carbons (Fsp3) is 0.529. The van der Waals surface area contributed by atoms with Crippen LogP contribution in [0.1, 0.15) is 57.4 Å². The molecule has 18 heavy (non-hydrogen) atoms. The van der Waals surface area contributed by atoms with Gasteiger partial charge in [0.2, 0.25) is 0 Å². The van der Waals surface area contributed by atoms with Crippen molar-refractivity contribution in [2.45, 2.75) is 51.9 Å². The first kappa shape index (κ1) is 12.4. The van der Waals surface area contributed by atoms with Gasteiger partial charge in [-0.05, 0) is 49.1 Å². The predicted octanol–water partition coefficient (Wildman–Crippen LogP) is 5.36. The minimum absolute atomic E-state index is 0.459. The topological polar surface area (TPSA) is 0 Å². The molecule has 1 heterocycles. The molecule has 1 radical (unpaired) electrons. The fourth-order valence-electron chi connectivity index (χ4n) is 3.27. The van der Waals surface area contributed by atoms with Gasteiger partial charge < -0.3 is 0 Å². The van der Waals surface area contributed by atoms with Gasteiger partial charge >= 0.3 is 0 Å². The maximum absolute atomic E-state index is 2.50. The van der Waals surface area contributed by atoms with Crippen molar-refractivity contribution in [1.82, 2.24) is 0 Å². The van der Waals surface area contributed by atoms with Gasteiger partial charge in [0, 0.05) is 0 Å². The second-order valence-electron chi connectivity index (χ2n) is 6.03. The number of fused-ring (bicyclic) bond motifs is 1. The van der Waals surface area contributed by atoms with Crippen LogP contribution in [0.4, 0.5) is 0 Å². The lowest BCUT2D eigenvalue weighted by Crippen LogP contribution is -2.18. The zero-order valence-corrected chi connectivity index (χ0v) is 12.2. The van der Waals surface area contributed by atoms with Gasteiger partial charge in [0.1, 0.15) is 0 Å². The largest absolute Gasteiger partial charge is 0.0616 e. The quantitative estimate of drug-likeness (QED) is 0.594. The van der Waals surface area contributed by atoms with E-state index in [-0.39, 0.29) is 0 Å². The summed E-state index contributed by atoms with van der Waals surface area (Å²) < 4.78 is 0. The monoisotopic (exact) mass is 257 g/mol. The molecule has 0 atom stereocenters. The smallest absolute Gasteiger partial charge is 0.00639 e. The van der Waals surface area contributed by atoms with Crippen LogP contribution >= 0.6 is 8.58 Å². The van der Waals surface area contributed by atoms with Crippen LogP contribution in [0.3, 0.4) is 0 Å². The molecule has 0 unspecified atom stereocenters. The van der Waals surface area contributed by atoms with Gasteiger partial charge in [0.05, 0.1) is 0 Å². The normalized spacial score (nSPS) is 24.2. The minimum atomic E-state index is 0.459. The fourth-order valence-corrected chi connectivity index (χ4v) is 4.66. The Morgan fingerprint density at radius 2 is 1.61 bits per heavy atom. The molecule has 1 heteroatoms. The molecule has 0 aromatic heterocycles. The molecule has 95 valence electrons. The molecule has 3 rings (SSSR count). The highest BCUT2D eigenvalue weighted by Crippen LogP contribution is 2.50. The number of rotatable bonds is 1. The Labute approximate surface area is 113 Å². The third kappa shape index (κ3) is 2.41. The third-order valence-electron chi connectivity index (χ3n) is 4.55. The lowest BCUT2D eigenvalue weighted by Gasteiger charge is -2.32. The minimum Gasteiger partial charge on any atom is -0.0616 e. The Balaban J connectivity index is 1.82. The Kier molecular flexibility index (Phi) is 3.57. The highest BCUT2D eigenvalue weighted by atomic mass is 31.1. The number of hydrogen-bond acceptors (Lipinski definition) is 0. The summed E-state index contributed by atoms with van der Waals surface area (Å²) >= 11 is 0. The van der Waals surface area contributed by atoms with E-state index in [1.165, 1.54) is 64.4 Å². The summed E-state index contributed by atoms with van der Waals surface area (Å²) in [5.74, 6) is 0. The molecule has 2 aliphatic rings. The van der Waals surface area contributed by atoms with Crippen LogP contribution in [0, 0.1) is 5.41 Å². The van der Waals surface area contributed by atoms with Crippen LogP contribution in [-0.4, -0.2) is 0 Å². The van der Waals surface area contributed by atoms with Crippen LogP contribution in [0.15, 0.2) is 29.6 Å². The average molecular weight is 257 g/mol. The van der Waals surface area contributed by atoms with Crippen molar-refractivity contribution in [3.63, 3.8) is 0 Å². The van der Waals surface area contributed by atoms with Crippen molar-refractivity contribution < 1.29 is 0 Å². The molecule has 0 N–H and O–H groups in total. The Hall–Kier alpha value is -0.610. The maximum Gasteiger partial charge on any atom is -0.00639 e. The summed E-state index contributed by atoms with van der Waals surface area (Å²) in [5, 5.41) is 3.18. The molecule has 1 aliphatic carbocycles. The van der Waals surface area contributed by atoms with E-state index in [1.807, 2.05) is 0 Å². The zero-order valence-electron chi connectivity index (χ0n) is 11.3. The van der Waals surface area contributed by atoms with Gasteiger partial charge in [0.25, 0.3) is 0 Å². The molecular formula is C17H22P. The Morgan fingerprint density at radius 1 is 0.944 bits per heavy atom. The summed E-state index contributed by atoms with van der Waals surface area (Å²) in [6, 6.07) is 8.88. The van der Waals surface area contributed by atoms with Crippen molar-refractivity contribution in [3.05, 3.63) is 35.1 Å². The van der Waals surface area contributed by atoms with E-state index in [2.05, 4.69) is 37.3 Å². The zero-order chi connectivity index (χ0) is 12.4. The predicted molar refractivity (Wildman–Crippen MR) is 81.4 cm³/mol. The number of benzene rings is 1. The molecule has 1 fully saturated rings. The van der Waals surface area contributed by atoms with Crippen LogP contribution in [-0.2, 0) is 0 Å². The van der Waals surface area contributed by atoms with Crippen molar-refractivity contribution in [2.75, 3.05) is 0 Å². The Bertz CT molecular complexity index is 450. The van der Waals surface area contributed by atoms with Gasteiger partial charge in [-0.2, -0.15) is 0 Å². The first-order valence-corrected chi connectivity index (χ1v) is 8.20. The van der Waals surface area contributed by atoms with E-state index in [4.69, 9.17) is 0 Å².